The number of benzene rings is 3. The molecule has 1 saturated heterocycles. The number of methoxy groups -OCH3 is 1. The quantitative estimate of drug-likeness (QED) is 0.223. The third-order valence-electron chi connectivity index (χ3n) is 6.85. The van der Waals surface area contributed by atoms with E-state index in [0.717, 1.165) is 17.7 Å². The number of rotatable bonds is 10. The lowest BCUT2D eigenvalue weighted by Gasteiger charge is -2.26. The molecule has 8 nitrogen and oxygen atoms in total. The SMILES string of the molecule is COc1cc(C2/C(=C(/O)c3ccc(OCc4ccccc4C)cc3)C(=O)C(=O)N2CCCN(C)C)ccc1O. The van der Waals surface area contributed by atoms with E-state index in [-0.39, 0.29) is 22.8 Å². The van der Waals surface area contributed by atoms with Gasteiger partial charge in [-0.15, -0.1) is 0 Å². The molecule has 204 valence electrons. The zero-order valence-electron chi connectivity index (χ0n) is 22.7. The number of phenolic OH excluding ortho intramolecular Hbond substituents is 1. The summed E-state index contributed by atoms with van der Waals surface area (Å²) < 4.78 is 11.2. The molecule has 1 unspecified atom stereocenters. The highest BCUT2D eigenvalue weighted by molar-refractivity contribution is 6.46. The first-order valence-electron chi connectivity index (χ1n) is 12.8. The number of ketones is 1. The molecule has 3 aromatic rings. The van der Waals surface area contributed by atoms with Gasteiger partial charge in [-0.3, -0.25) is 9.59 Å². The van der Waals surface area contributed by atoms with Crippen LogP contribution in [0.15, 0.2) is 72.3 Å². The second-order valence-electron chi connectivity index (χ2n) is 9.82. The summed E-state index contributed by atoms with van der Waals surface area (Å²) in [5.74, 6) is -0.946. The number of aromatic hydroxyl groups is 1. The van der Waals surface area contributed by atoms with Gasteiger partial charge in [0.25, 0.3) is 11.7 Å². The van der Waals surface area contributed by atoms with E-state index in [9.17, 15) is 19.8 Å². The molecule has 1 heterocycles. The highest BCUT2D eigenvalue weighted by atomic mass is 16.5. The molecule has 0 radical (unpaired) electrons. The number of amides is 1. The van der Waals surface area contributed by atoms with E-state index >= 15 is 0 Å². The molecule has 1 atom stereocenters. The molecule has 0 spiro atoms. The van der Waals surface area contributed by atoms with Crippen LogP contribution in [0.5, 0.6) is 17.2 Å². The maximum atomic E-state index is 13.3. The molecule has 4 rings (SSSR count). The Morgan fingerprint density at radius 1 is 1.03 bits per heavy atom. The van der Waals surface area contributed by atoms with E-state index in [1.807, 2.05) is 50.2 Å². The summed E-state index contributed by atoms with van der Waals surface area (Å²) >= 11 is 0. The van der Waals surface area contributed by atoms with Gasteiger partial charge in [0.2, 0.25) is 0 Å². The molecule has 39 heavy (non-hydrogen) atoms. The number of aliphatic hydroxyl groups excluding tert-OH is 1. The van der Waals surface area contributed by atoms with Crippen LogP contribution in [0.2, 0.25) is 0 Å². The largest absolute Gasteiger partial charge is 0.507 e. The molecule has 1 aliphatic heterocycles. The van der Waals surface area contributed by atoms with Crippen molar-refractivity contribution in [3.63, 3.8) is 0 Å². The zero-order valence-corrected chi connectivity index (χ0v) is 22.7. The zero-order chi connectivity index (χ0) is 28.1. The fourth-order valence-corrected chi connectivity index (χ4v) is 4.68. The van der Waals surface area contributed by atoms with Gasteiger partial charge in [0.1, 0.15) is 18.1 Å². The van der Waals surface area contributed by atoms with Crippen LogP contribution in [0.3, 0.4) is 0 Å². The number of nitrogens with zero attached hydrogens (tertiary/aromatic N) is 2. The molecule has 1 aliphatic rings. The van der Waals surface area contributed by atoms with Gasteiger partial charge in [-0.1, -0.05) is 30.3 Å². The van der Waals surface area contributed by atoms with Crippen LogP contribution in [0.1, 0.15) is 34.7 Å². The fourth-order valence-electron chi connectivity index (χ4n) is 4.68. The molecule has 0 aliphatic carbocycles. The first kappa shape index (κ1) is 27.7. The van der Waals surface area contributed by atoms with E-state index in [0.29, 0.717) is 36.4 Å². The number of phenols is 1. The lowest BCUT2D eigenvalue weighted by molar-refractivity contribution is -0.139. The van der Waals surface area contributed by atoms with Gasteiger partial charge in [0.05, 0.1) is 18.7 Å². The van der Waals surface area contributed by atoms with Gasteiger partial charge in [0.15, 0.2) is 11.5 Å². The van der Waals surface area contributed by atoms with Crippen molar-refractivity contribution < 1.29 is 29.3 Å². The Balaban J connectivity index is 1.67. The molecule has 3 aromatic carbocycles. The number of aryl methyl sites for hydroxylation is 1. The molecule has 0 aromatic heterocycles. The Kier molecular flexibility index (Phi) is 8.56. The van der Waals surface area contributed by atoms with E-state index in [1.165, 1.54) is 18.1 Å². The second kappa shape index (κ2) is 12.0. The average molecular weight is 531 g/mol. The minimum Gasteiger partial charge on any atom is -0.507 e. The summed E-state index contributed by atoms with van der Waals surface area (Å²) in [5, 5.41) is 21.4. The molecule has 8 heteroatoms. The molecule has 2 N–H and O–H groups in total. The molecular formula is C31H34N2O6. The summed E-state index contributed by atoms with van der Waals surface area (Å²) in [5.41, 5.74) is 3.14. The normalized spacial score (nSPS) is 16.6. The topological polar surface area (TPSA) is 99.5 Å². The third-order valence-corrected chi connectivity index (χ3v) is 6.85. The summed E-state index contributed by atoms with van der Waals surface area (Å²) in [4.78, 5) is 29.9. The predicted molar refractivity (Wildman–Crippen MR) is 149 cm³/mol. The van der Waals surface area contributed by atoms with Crippen molar-refractivity contribution in [2.24, 2.45) is 0 Å². The minimum absolute atomic E-state index is 0.00817. The van der Waals surface area contributed by atoms with Crippen LogP contribution in [-0.4, -0.2) is 66.0 Å². The number of likely N-dealkylation sites (tertiary alicyclic amines) is 1. The number of carbonyl (C=O) groups excluding carboxylic acids is 2. The van der Waals surface area contributed by atoms with Crippen LogP contribution in [0.4, 0.5) is 0 Å². The first-order chi connectivity index (χ1) is 18.7. The number of hydrogen-bond donors (Lipinski definition) is 2. The van der Waals surface area contributed by atoms with E-state index < -0.39 is 17.7 Å². The van der Waals surface area contributed by atoms with Crippen molar-refractivity contribution in [1.82, 2.24) is 9.80 Å². The van der Waals surface area contributed by atoms with Crippen molar-refractivity contribution in [2.75, 3.05) is 34.3 Å². The Labute approximate surface area is 228 Å². The van der Waals surface area contributed by atoms with Gasteiger partial charge in [0, 0.05) is 12.1 Å². The van der Waals surface area contributed by atoms with Crippen LogP contribution in [-0.2, 0) is 16.2 Å². The van der Waals surface area contributed by atoms with Crippen molar-refractivity contribution in [2.45, 2.75) is 26.0 Å². The summed E-state index contributed by atoms with van der Waals surface area (Å²) in [7, 11) is 5.30. The predicted octanol–water partition coefficient (Wildman–Crippen LogP) is 4.66. The van der Waals surface area contributed by atoms with Crippen LogP contribution in [0, 0.1) is 6.92 Å². The first-order valence-corrected chi connectivity index (χ1v) is 12.8. The number of aliphatic hydroxyl groups is 1. The summed E-state index contributed by atoms with van der Waals surface area (Å²) in [6.45, 7) is 3.46. The lowest BCUT2D eigenvalue weighted by atomic mass is 9.95. The molecule has 0 bridgehead atoms. The number of ether oxygens (including phenoxy) is 2. The Morgan fingerprint density at radius 2 is 1.74 bits per heavy atom. The van der Waals surface area contributed by atoms with Gasteiger partial charge in [-0.05, 0) is 87.1 Å². The highest BCUT2D eigenvalue weighted by Gasteiger charge is 2.46. The van der Waals surface area contributed by atoms with Gasteiger partial charge in [-0.2, -0.15) is 0 Å². The van der Waals surface area contributed by atoms with Crippen LogP contribution < -0.4 is 9.47 Å². The Morgan fingerprint density at radius 3 is 2.41 bits per heavy atom. The van der Waals surface area contributed by atoms with E-state index in [1.54, 1.807) is 36.4 Å². The minimum atomic E-state index is -0.835. The maximum absolute atomic E-state index is 13.3. The van der Waals surface area contributed by atoms with E-state index in [2.05, 4.69) is 0 Å². The van der Waals surface area contributed by atoms with Crippen molar-refractivity contribution >= 4 is 17.4 Å². The lowest BCUT2D eigenvalue weighted by Crippen LogP contribution is -2.32. The van der Waals surface area contributed by atoms with Gasteiger partial charge in [-0.25, -0.2) is 0 Å². The smallest absolute Gasteiger partial charge is 0.295 e. The third kappa shape index (κ3) is 6.07. The molecule has 1 fully saturated rings. The van der Waals surface area contributed by atoms with Gasteiger partial charge >= 0.3 is 0 Å². The number of Topliss-reactive ketones (excluding diaryl/α,β-unsaturated/α-hetero) is 1. The average Bonchev–Trinajstić information content (AvgIpc) is 3.17. The monoisotopic (exact) mass is 530 g/mol. The summed E-state index contributed by atoms with van der Waals surface area (Å²) in [6.07, 6.45) is 0.638. The molecule has 1 amide bonds. The number of carbonyl (C=O) groups is 2. The Hall–Kier alpha value is -4.30. The Bertz CT molecular complexity index is 1380. The van der Waals surface area contributed by atoms with Gasteiger partial charge < -0.3 is 29.5 Å². The highest BCUT2D eigenvalue weighted by Crippen LogP contribution is 2.42. The molecule has 0 saturated carbocycles. The standard InChI is InChI=1S/C31H34N2O6/c1-20-8-5-6-9-23(20)19-39-24-13-10-21(11-14-24)29(35)27-28(22-12-15-25(34)26(18-22)38-4)33(31(37)30(27)36)17-7-16-32(2)3/h5-6,8-15,18,28,34-35H,7,16-17,19H2,1-4H3/b29-27-. The number of hydrogen-bond acceptors (Lipinski definition) is 7. The van der Waals surface area contributed by atoms with Crippen molar-refractivity contribution in [1.29, 1.82) is 0 Å². The van der Waals surface area contributed by atoms with Crippen molar-refractivity contribution in [3.05, 3.63) is 94.6 Å². The van der Waals surface area contributed by atoms with E-state index in [4.69, 9.17) is 9.47 Å². The van der Waals surface area contributed by atoms with Crippen LogP contribution in [0.25, 0.3) is 5.76 Å². The van der Waals surface area contributed by atoms with Crippen LogP contribution >= 0.6 is 0 Å². The fraction of sp³-hybridized carbons (Fsp3) is 0.290. The summed E-state index contributed by atoms with van der Waals surface area (Å²) in [6, 6.07) is 18.6. The second-order valence-corrected chi connectivity index (χ2v) is 9.82. The van der Waals surface area contributed by atoms with Crippen molar-refractivity contribution in [3.8, 4) is 17.2 Å². The maximum Gasteiger partial charge on any atom is 0.295 e. The molecular weight excluding hydrogens is 496 g/mol.